The number of cyclic esters (lactones) is 1. The number of rotatable bonds is 12. The number of nitrogens with zero attached hydrogens (tertiary/aromatic N) is 1. The van der Waals surface area contributed by atoms with Gasteiger partial charge in [-0.05, 0) is 119 Å². The Balaban J connectivity index is 1.47. The highest BCUT2D eigenvalue weighted by Gasteiger charge is 2.53. The molecule has 1 aliphatic carbocycles. The lowest BCUT2D eigenvalue weighted by Gasteiger charge is -2.43. The number of piperidine rings is 1. The number of carbonyl (C=O) groups is 5. The van der Waals surface area contributed by atoms with Gasteiger partial charge in [0.15, 0.2) is 5.78 Å². The average Bonchev–Trinajstić information content (AvgIpc) is 3.40. The number of esters is 1. The van der Waals surface area contributed by atoms with E-state index in [1.54, 1.807) is 34.0 Å². The number of methoxy groups -OCH3 is 2. The van der Waals surface area contributed by atoms with Gasteiger partial charge in [0, 0.05) is 51.4 Å². The van der Waals surface area contributed by atoms with Crippen molar-refractivity contribution in [3.8, 4) is 0 Å². The summed E-state index contributed by atoms with van der Waals surface area (Å²) in [5.74, 6) is -8.08. The molecule has 15 nitrogen and oxygen atoms in total. The van der Waals surface area contributed by atoms with Gasteiger partial charge in [0.2, 0.25) is 5.79 Å². The highest BCUT2D eigenvalue weighted by molar-refractivity contribution is 6.39. The second-order valence-corrected chi connectivity index (χ2v) is 22.0. The lowest BCUT2D eigenvalue weighted by molar-refractivity contribution is -0.266. The van der Waals surface area contributed by atoms with E-state index >= 15 is 0 Å². The van der Waals surface area contributed by atoms with Crippen molar-refractivity contribution in [1.29, 1.82) is 0 Å². The largest absolute Gasteiger partial charge is 0.460 e. The third kappa shape index (κ3) is 17.4. The van der Waals surface area contributed by atoms with Gasteiger partial charge in [0.05, 0.1) is 44.2 Å². The van der Waals surface area contributed by atoms with E-state index in [4.69, 9.17) is 28.4 Å². The number of hydrogen-bond donors (Lipinski definition) is 3. The molecular weight excluding hydrogens is 959 g/mol. The van der Waals surface area contributed by atoms with E-state index in [1.807, 2.05) is 88.4 Å². The topological polar surface area (TPSA) is 205 Å². The average molecular weight is 1050 g/mol. The van der Waals surface area contributed by atoms with Crippen molar-refractivity contribution in [3.63, 3.8) is 0 Å². The minimum absolute atomic E-state index is 0.000548. The first-order valence-electron chi connectivity index (χ1n) is 27.7. The number of ketones is 3. The summed E-state index contributed by atoms with van der Waals surface area (Å²) in [6.07, 6.45) is 12.6. The van der Waals surface area contributed by atoms with Gasteiger partial charge in [-0.3, -0.25) is 19.2 Å². The van der Waals surface area contributed by atoms with Crippen molar-refractivity contribution >= 4 is 29.2 Å². The fourth-order valence-corrected chi connectivity index (χ4v) is 11.4. The minimum Gasteiger partial charge on any atom is -0.460 e. The number of ether oxygens (including phenoxy) is 6. The summed E-state index contributed by atoms with van der Waals surface area (Å²) in [6, 6.07) is 8.83. The van der Waals surface area contributed by atoms with Crippen LogP contribution in [-0.4, -0.2) is 145 Å². The lowest BCUT2D eigenvalue weighted by atomic mass is 9.78. The van der Waals surface area contributed by atoms with E-state index < -0.39 is 77.8 Å². The van der Waals surface area contributed by atoms with Crippen molar-refractivity contribution in [3.05, 3.63) is 83.5 Å². The van der Waals surface area contributed by atoms with Gasteiger partial charge in [0.1, 0.15) is 30.1 Å². The molecule has 1 aromatic rings. The zero-order chi connectivity index (χ0) is 54.8. The quantitative estimate of drug-likeness (QED) is 0.104. The molecule has 1 aromatic carbocycles. The van der Waals surface area contributed by atoms with Gasteiger partial charge in [-0.25, -0.2) is 4.79 Å². The Morgan fingerprint density at radius 2 is 1.57 bits per heavy atom. The third-order valence-electron chi connectivity index (χ3n) is 16.1. The van der Waals surface area contributed by atoms with Crippen LogP contribution in [-0.2, 0) is 58.8 Å². The van der Waals surface area contributed by atoms with Gasteiger partial charge < -0.3 is 48.6 Å². The van der Waals surface area contributed by atoms with Crippen LogP contribution in [0.25, 0.3) is 0 Å². The van der Waals surface area contributed by atoms with Crippen LogP contribution in [0.4, 0.5) is 0 Å². The first kappa shape index (κ1) is 61.7. The monoisotopic (exact) mass is 1050 g/mol. The van der Waals surface area contributed by atoms with Crippen molar-refractivity contribution in [2.24, 2.45) is 35.5 Å². The van der Waals surface area contributed by atoms with E-state index in [1.165, 1.54) is 12.0 Å². The predicted molar refractivity (Wildman–Crippen MR) is 285 cm³/mol. The van der Waals surface area contributed by atoms with Crippen molar-refractivity contribution < 1.29 is 67.7 Å². The summed E-state index contributed by atoms with van der Waals surface area (Å²) in [6.45, 7) is 13.3. The van der Waals surface area contributed by atoms with Gasteiger partial charge in [-0.1, -0.05) is 101 Å². The SMILES string of the molecule is CO[C@@H]1C[C@H](C[C@@H](C)[C@@H]2CC(=O)[C@H](C)/C=C(\C)[C@@H](O)[C@@H](OC)C(=O)[C@H](C)C[C@H](C)/C=C/C=C/C=C(\C)C(OCCc3ccccc3)C[C@@H]3CC[C@@H](C)[C@@](O)(O3)C(=O)C(=O)N3CCCCC3C(=O)O2)CC[C@H]1OCCO. The standard InChI is InChI=1S/C60H89NO14/c1-38-18-12-10-13-19-39(2)51(72-30-27-45-20-14-11-15-21-45)36-47-25-23-44(7)60(69,75-47)57(66)58(67)61-28-17-16-22-48(61)59(68)74-52(41(4)34-46-24-26-50(73-31-29-62)53(35-46)70-8)37-49(63)40(3)33-43(6)55(65)56(71-9)54(64)42(5)32-38/h10-15,18-21,33,38,40-42,44,46-48,50-53,55-56,62,65,69H,16-17,22-32,34-37H2,1-9H3/b13-10+,18-12+,39-19+,43-33+/t38-,40-,41-,42-,44-,46+,47+,48?,50-,51?,52+,53-,55-,56+,60-/m1/s1. The van der Waals surface area contributed by atoms with Crippen LogP contribution in [0.1, 0.15) is 131 Å². The van der Waals surface area contributed by atoms with Crippen LogP contribution in [0.3, 0.4) is 0 Å². The molecule has 3 aliphatic heterocycles. The second-order valence-electron chi connectivity index (χ2n) is 22.0. The maximum absolute atomic E-state index is 14.6. The van der Waals surface area contributed by atoms with Crippen LogP contribution in [0.5, 0.6) is 0 Å². The van der Waals surface area contributed by atoms with E-state index in [0.29, 0.717) is 76.4 Å². The number of hydrogen-bond acceptors (Lipinski definition) is 14. The molecule has 15 atom stereocenters. The molecule has 75 heavy (non-hydrogen) atoms. The van der Waals surface area contributed by atoms with E-state index in [0.717, 1.165) is 17.6 Å². The molecule has 2 saturated heterocycles. The fourth-order valence-electron chi connectivity index (χ4n) is 11.4. The maximum atomic E-state index is 14.6. The van der Waals surface area contributed by atoms with Crippen LogP contribution in [0.15, 0.2) is 77.9 Å². The van der Waals surface area contributed by atoms with Crippen LogP contribution < -0.4 is 0 Å². The smallest absolute Gasteiger partial charge is 0.329 e. The minimum atomic E-state index is -2.46. The molecule has 1 saturated carbocycles. The van der Waals surface area contributed by atoms with Gasteiger partial charge in [-0.2, -0.15) is 0 Å². The molecule has 1 amide bonds. The van der Waals surface area contributed by atoms with Gasteiger partial charge >= 0.3 is 5.97 Å². The van der Waals surface area contributed by atoms with E-state index in [2.05, 4.69) is 0 Å². The number of carbonyl (C=O) groups excluding carboxylic acids is 5. The summed E-state index contributed by atoms with van der Waals surface area (Å²) in [7, 11) is 3.01. The molecular formula is C60H89NO14. The lowest BCUT2D eigenvalue weighted by Crippen LogP contribution is -2.61. The Morgan fingerprint density at radius 1 is 0.827 bits per heavy atom. The number of aliphatic hydroxyl groups is 3. The molecule has 3 N–H and O–H groups in total. The van der Waals surface area contributed by atoms with Gasteiger partial charge in [-0.15, -0.1) is 0 Å². The Morgan fingerprint density at radius 3 is 2.28 bits per heavy atom. The molecule has 4 aliphatic rings. The van der Waals surface area contributed by atoms with Crippen LogP contribution >= 0.6 is 0 Å². The normalized spacial score (nSPS) is 36.6. The second kappa shape index (κ2) is 30.1. The Bertz CT molecular complexity index is 2140. The molecule has 15 heteroatoms. The Hall–Kier alpha value is -4.19. The Kier molecular flexibility index (Phi) is 24.7. The number of aliphatic hydroxyl groups excluding tert-OH is 2. The molecule has 2 unspecified atom stereocenters. The molecule has 0 radical (unpaired) electrons. The summed E-state index contributed by atoms with van der Waals surface area (Å²) in [5.41, 5.74) is 2.39. The highest BCUT2D eigenvalue weighted by Crippen LogP contribution is 2.38. The molecule has 3 heterocycles. The summed E-state index contributed by atoms with van der Waals surface area (Å²) in [4.78, 5) is 73.0. The number of allylic oxidation sites excluding steroid dienone is 6. The number of benzene rings is 1. The maximum Gasteiger partial charge on any atom is 0.329 e. The van der Waals surface area contributed by atoms with Crippen molar-refractivity contribution in [2.45, 2.75) is 186 Å². The summed E-state index contributed by atoms with van der Waals surface area (Å²) in [5, 5.41) is 33.2. The highest BCUT2D eigenvalue weighted by atomic mass is 16.6. The van der Waals surface area contributed by atoms with Crippen molar-refractivity contribution in [2.75, 3.05) is 40.6 Å². The molecule has 418 valence electrons. The summed E-state index contributed by atoms with van der Waals surface area (Å²) >= 11 is 0. The fraction of sp³-hybridized carbons (Fsp3) is 0.683. The number of amides is 1. The zero-order valence-electron chi connectivity index (χ0n) is 46.2. The molecule has 5 rings (SSSR count). The third-order valence-corrected chi connectivity index (χ3v) is 16.1. The van der Waals surface area contributed by atoms with E-state index in [9.17, 15) is 39.3 Å². The zero-order valence-corrected chi connectivity index (χ0v) is 46.2. The summed E-state index contributed by atoms with van der Waals surface area (Å²) < 4.78 is 36.5. The Labute approximate surface area is 446 Å². The van der Waals surface area contributed by atoms with Crippen LogP contribution in [0.2, 0.25) is 0 Å². The first-order valence-corrected chi connectivity index (χ1v) is 27.7. The number of Topliss-reactive ketones (excluding diaryl/α,β-unsaturated/α-hetero) is 3. The van der Waals surface area contributed by atoms with Gasteiger partial charge in [0.25, 0.3) is 11.7 Å². The number of fused-ring (bicyclic) bond motifs is 3. The molecule has 3 fully saturated rings. The van der Waals surface area contributed by atoms with E-state index in [-0.39, 0.29) is 74.1 Å². The predicted octanol–water partition coefficient (Wildman–Crippen LogP) is 7.81. The van der Waals surface area contributed by atoms with Crippen LogP contribution in [0, 0.1) is 35.5 Å². The molecule has 2 bridgehead atoms. The van der Waals surface area contributed by atoms with Crippen molar-refractivity contribution in [1.82, 2.24) is 4.90 Å². The molecule has 0 aromatic heterocycles. The molecule has 0 spiro atoms. The first-order chi connectivity index (χ1) is 35.8.